The van der Waals surface area contributed by atoms with Crippen molar-refractivity contribution in [1.82, 2.24) is 0 Å². The Morgan fingerprint density at radius 3 is 1.67 bits per heavy atom. The molecule has 0 aromatic heterocycles. The Labute approximate surface area is 56.1 Å². The van der Waals surface area contributed by atoms with Crippen LogP contribution in [0.1, 0.15) is 25.7 Å². The van der Waals surface area contributed by atoms with E-state index in [1.807, 2.05) is 0 Å². The third-order valence-electron chi connectivity index (χ3n) is 1.16. The predicted octanol–water partition coefficient (Wildman–Crippen LogP) is 2.22. The van der Waals surface area contributed by atoms with E-state index in [4.69, 9.17) is 5.26 Å². The van der Waals surface area contributed by atoms with Crippen LogP contribution in [-0.2, 0) is 4.89 Å². The molecule has 0 fully saturated rings. The van der Waals surface area contributed by atoms with E-state index in [-0.39, 0.29) is 0 Å². The van der Waals surface area contributed by atoms with Gasteiger partial charge in [-0.05, 0) is 25.7 Å². The standard InChI is InChI=1S/C6H10.CH4O2/c1-2-4-6-5-3-1;1-3-2/h1-2H,3-6H2;2H,1H3. The van der Waals surface area contributed by atoms with Crippen molar-refractivity contribution in [2.45, 2.75) is 25.7 Å². The number of allylic oxidation sites excluding steroid dienone is 2. The molecule has 0 heterocycles. The SMILES string of the molecule is C1=CCCCC1.COO. The Bertz CT molecular complexity index is 61.3. The molecule has 0 aliphatic heterocycles. The Morgan fingerprint density at radius 1 is 1.22 bits per heavy atom. The molecule has 54 valence electrons. The van der Waals surface area contributed by atoms with E-state index < -0.39 is 0 Å². The van der Waals surface area contributed by atoms with Crippen LogP contribution in [0.3, 0.4) is 0 Å². The molecule has 2 heteroatoms. The van der Waals surface area contributed by atoms with E-state index in [1.54, 1.807) is 0 Å². The van der Waals surface area contributed by atoms with Crippen molar-refractivity contribution in [2.24, 2.45) is 0 Å². The number of rotatable bonds is 0. The van der Waals surface area contributed by atoms with Crippen molar-refractivity contribution in [3.63, 3.8) is 0 Å². The van der Waals surface area contributed by atoms with Gasteiger partial charge in [-0.15, -0.1) is 0 Å². The van der Waals surface area contributed by atoms with Crippen molar-refractivity contribution >= 4 is 0 Å². The van der Waals surface area contributed by atoms with Gasteiger partial charge in [0, 0.05) is 0 Å². The second kappa shape index (κ2) is 7.66. The van der Waals surface area contributed by atoms with Gasteiger partial charge in [0.1, 0.15) is 0 Å². The molecule has 1 N–H and O–H groups in total. The molecule has 0 atom stereocenters. The predicted molar refractivity (Wildman–Crippen MR) is 37.2 cm³/mol. The Balaban J connectivity index is 0.000000187. The van der Waals surface area contributed by atoms with Crippen LogP contribution in [0.5, 0.6) is 0 Å². The third kappa shape index (κ3) is 7.66. The first kappa shape index (κ1) is 8.66. The molecule has 2 nitrogen and oxygen atoms in total. The zero-order valence-electron chi connectivity index (χ0n) is 5.84. The van der Waals surface area contributed by atoms with Gasteiger partial charge in [-0.3, -0.25) is 5.26 Å². The van der Waals surface area contributed by atoms with Gasteiger partial charge in [-0.2, -0.15) is 0 Å². The van der Waals surface area contributed by atoms with Crippen LogP contribution >= 0.6 is 0 Å². The number of hydrogen-bond donors (Lipinski definition) is 1. The number of hydrogen-bond acceptors (Lipinski definition) is 2. The first-order valence-corrected chi connectivity index (χ1v) is 3.24. The monoisotopic (exact) mass is 130 g/mol. The average molecular weight is 130 g/mol. The van der Waals surface area contributed by atoms with Crippen LogP contribution in [-0.4, -0.2) is 12.4 Å². The zero-order chi connectivity index (χ0) is 6.95. The van der Waals surface area contributed by atoms with Crippen LogP contribution in [0.15, 0.2) is 12.2 Å². The van der Waals surface area contributed by atoms with Crippen molar-refractivity contribution in [3.05, 3.63) is 12.2 Å². The topological polar surface area (TPSA) is 29.5 Å². The van der Waals surface area contributed by atoms with E-state index in [2.05, 4.69) is 17.0 Å². The van der Waals surface area contributed by atoms with Crippen molar-refractivity contribution in [1.29, 1.82) is 0 Å². The summed E-state index contributed by atoms with van der Waals surface area (Å²) in [7, 11) is 1.18. The molecular weight excluding hydrogens is 116 g/mol. The highest BCUT2D eigenvalue weighted by molar-refractivity contribution is 4.85. The molecule has 0 aromatic carbocycles. The van der Waals surface area contributed by atoms with Gasteiger partial charge < -0.3 is 0 Å². The Hall–Kier alpha value is -0.340. The molecule has 0 saturated heterocycles. The molecule has 9 heavy (non-hydrogen) atoms. The van der Waals surface area contributed by atoms with Gasteiger partial charge in [0.05, 0.1) is 7.11 Å². The first-order chi connectivity index (χ1) is 4.41. The Morgan fingerprint density at radius 2 is 1.56 bits per heavy atom. The van der Waals surface area contributed by atoms with E-state index in [0.717, 1.165) is 0 Å². The van der Waals surface area contributed by atoms with Crippen molar-refractivity contribution < 1.29 is 10.1 Å². The van der Waals surface area contributed by atoms with Crippen LogP contribution in [0.4, 0.5) is 0 Å². The summed E-state index contributed by atoms with van der Waals surface area (Å²) >= 11 is 0. The fraction of sp³-hybridized carbons (Fsp3) is 0.714. The summed E-state index contributed by atoms with van der Waals surface area (Å²) in [4.78, 5) is 3.25. The molecule has 0 bridgehead atoms. The van der Waals surface area contributed by atoms with Gasteiger partial charge in [0.25, 0.3) is 0 Å². The maximum Gasteiger partial charge on any atom is 0.0710 e. The minimum absolute atomic E-state index is 1.18. The molecule has 1 aliphatic carbocycles. The fourth-order valence-corrected chi connectivity index (χ4v) is 0.760. The minimum atomic E-state index is 1.18. The molecule has 0 spiro atoms. The van der Waals surface area contributed by atoms with Crippen molar-refractivity contribution in [3.8, 4) is 0 Å². The van der Waals surface area contributed by atoms with E-state index in [0.29, 0.717) is 0 Å². The van der Waals surface area contributed by atoms with Crippen LogP contribution in [0, 0.1) is 0 Å². The van der Waals surface area contributed by atoms with Gasteiger partial charge in [-0.1, -0.05) is 12.2 Å². The quantitative estimate of drug-likeness (QED) is 0.309. The highest BCUT2D eigenvalue weighted by Crippen LogP contribution is 2.07. The Kier molecular flexibility index (Phi) is 7.37. The summed E-state index contributed by atoms with van der Waals surface area (Å²) in [5.41, 5.74) is 0. The first-order valence-electron chi connectivity index (χ1n) is 3.24. The highest BCUT2D eigenvalue weighted by Gasteiger charge is 1.87. The molecule has 0 unspecified atom stereocenters. The van der Waals surface area contributed by atoms with Crippen LogP contribution in [0.2, 0.25) is 0 Å². The highest BCUT2D eigenvalue weighted by atomic mass is 17.1. The summed E-state index contributed by atoms with van der Waals surface area (Å²) in [6.45, 7) is 0. The van der Waals surface area contributed by atoms with Gasteiger partial charge in [-0.25, -0.2) is 4.89 Å². The van der Waals surface area contributed by atoms with Crippen LogP contribution in [0.25, 0.3) is 0 Å². The normalized spacial score (nSPS) is 16.2. The van der Waals surface area contributed by atoms with Gasteiger partial charge >= 0.3 is 0 Å². The molecule has 0 aromatic rings. The minimum Gasteiger partial charge on any atom is -0.252 e. The third-order valence-corrected chi connectivity index (χ3v) is 1.16. The lowest BCUT2D eigenvalue weighted by atomic mass is 10.1. The van der Waals surface area contributed by atoms with Crippen molar-refractivity contribution in [2.75, 3.05) is 7.11 Å². The molecular formula is C7H14O2. The van der Waals surface area contributed by atoms with E-state index in [1.165, 1.54) is 32.8 Å². The lowest BCUT2D eigenvalue weighted by Gasteiger charge is -1.97. The van der Waals surface area contributed by atoms with E-state index in [9.17, 15) is 0 Å². The maximum absolute atomic E-state index is 7.07. The summed E-state index contributed by atoms with van der Waals surface area (Å²) in [6.07, 6.45) is 10.0. The average Bonchev–Trinajstić information content (AvgIpc) is 1.93. The summed E-state index contributed by atoms with van der Waals surface area (Å²) in [5.74, 6) is 0. The maximum atomic E-state index is 7.07. The van der Waals surface area contributed by atoms with Gasteiger partial charge in [0.2, 0.25) is 0 Å². The smallest absolute Gasteiger partial charge is 0.0710 e. The second-order valence-electron chi connectivity index (χ2n) is 1.94. The largest absolute Gasteiger partial charge is 0.252 e. The molecule has 1 aliphatic rings. The molecule has 0 radical (unpaired) electrons. The lowest BCUT2D eigenvalue weighted by molar-refractivity contribution is -0.214. The molecule has 1 rings (SSSR count). The second-order valence-corrected chi connectivity index (χ2v) is 1.94. The summed E-state index contributed by atoms with van der Waals surface area (Å²) in [6, 6.07) is 0. The molecule has 0 amide bonds. The van der Waals surface area contributed by atoms with Gasteiger partial charge in [0.15, 0.2) is 0 Å². The molecule has 0 saturated carbocycles. The van der Waals surface area contributed by atoms with Crippen LogP contribution < -0.4 is 0 Å². The zero-order valence-corrected chi connectivity index (χ0v) is 5.84. The lowest BCUT2D eigenvalue weighted by Crippen LogP contribution is -1.77. The summed E-state index contributed by atoms with van der Waals surface area (Å²) in [5, 5.41) is 7.07. The van der Waals surface area contributed by atoms with E-state index >= 15 is 0 Å². The summed E-state index contributed by atoms with van der Waals surface area (Å²) < 4.78 is 0. The fourth-order valence-electron chi connectivity index (χ4n) is 0.760.